The van der Waals surface area contributed by atoms with Gasteiger partial charge in [-0.1, -0.05) is 23.7 Å². The second kappa shape index (κ2) is 6.06. The van der Waals surface area contributed by atoms with Gasteiger partial charge in [-0.2, -0.15) is 0 Å². The van der Waals surface area contributed by atoms with Crippen LogP contribution >= 0.6 is 11.6 Å². The summed E-state index contributed by atoms with van der Waals surface area (Å²) < 4.78 is 0. The van der Waals surface area contributed by atoms with Crippen molar-refractivity contribution >= 4 is 23.5 Å². The summed E-state index contributed by atoms with van der Waals surface area (Å²) in [5.41, 5.74) is 0.362. The van der Waals surface area contributed by atoms with E-state index in [1.807, 2.05) is 0 Å². The number of aliphatic carboxylic acids is 1. The van der Waals surface area contributed by atoms with E-state index in [4.69, 9.17) is 16.7 Å². The van der Waals surface area contributed by atoms with Crippen molar-refractivity contribution in [1.82, 2.24) is 4.90 Å². The van der Waals surface area contributed by atoms with Crippen molar-refractivity contribution in [2.24, 2.45) is 0 Å². The number of hydrogen-bond donors (Lipinski definition) is 1. The zero-order valence-electron chi connectivity index (χ0n) is 9.10. The largest absolute Gasteiger partial charge is 0.480 e. The molecule has 0 spiro atoms. The third-order valence-corrected chi connectivity index (χ3v) is 2.27. The van der Waals surface area contributed by atoms with Crippen LogP contribution in [0.25, 0.3) is 0 Å². The summed E-state index contributed by atoms with van der Waals surface area (Å²) in [6, 6.07) is 6.38. The molecule has 0 radical (unpaired) electrons. The fourth-order valence-electron chi connectivity index (χ4n) is 1.34. The molecular formula is C12H12ClNO3. The van der Waals surface area contributed by atoms with E-state index in [-0.39, 0.29) is 19.0 Å². The topological polar surface area (TPSA) is 57.6 Å². The first kappa shape index (κ1) is 13.3. The van der Waals surface area contributed by atoms with E-state index in [9.17, 15) is 9.59 Å². The van der Waals surface area contributed by atoms with Crippen molar-refractivity contribution in [2.45, 2.75) is 0 Å². The van der Waals surface area contributed by atoms with E-state index in [0.29, 0.717) is 10.6 Å². The number of carboxylic acids is 1. The van der Waals surface area contributed by atoms with Gasteiger partial charge in [0, 0.05) is 17.1 Å². The van der Waals surface area contributed by atoms with E-state index in [1.54, 1.807) is 18.2 Å². The molecule has 1 aromatic carbocycles. The second-order valence-electron chi connectivity index (χ2n) is 3.38. The average molecular weight is 254 g/mol. The molecule has 1 N–H and O–H groups in total. The number of halogens is 1. The summed E-state index contributed by atoms with van der Waals surface area (Å²) in [6.07, 6.45) is 1.48. The van der Waals surface area contributed by atoms with E-state index in [1.165, 1.54) is 17.0 Å². The number of hydrogen-bond acceptors (Lipinski definition) is 2. The van der Waals surface area contributed by atoms with Gasteiger partial charge in [0.1, 0.15) is 6.54 Å². The lowest BCUT2D eigenvalue weighted by Crippen LogP contribution is -2.35. The van der Waals surface area contributed by atoms with Crippen molar-refractivity contribution in [3.63, 3.8) is 0 Å². The van der Waals surface area contributed by atoms with Gasteiger partial charge in [-0.15, -0.1) is 6.58 Å². The van der Waals surface area contributed by atoms with Gasteiger partial charge in [0.05, 0.1) is 0 Å². The number of nitrogens with zero attached hydrogens (tertiary/aromatic N) is 1. The van der Waals surface area contributed by atoms with Gasteiger partial charge < -0.3 is 10.0 Å². The number of carbonyl (C=O) groups is 2. The summed E-state index contributed by atoms with van der Waals surface area (Å²) in [6.45, 7) is 3.30. The highest BCUT2D eigenvalue weighted by Crippen LogP contribution is 2.12. The van der Waals surface area contributed by atoms with E-state index in [0.717, 1.165) is 0 Å². The molecule has 0 fully saturated rings. The molecule has 1 rings (SSSR count). The zero-order valence-corrected chi connectivity index (χ0v) is 9.85. The molecule has 4 nitrogen and oxygen atoms in total. The van der Waals surface area contributed by atoms with Gasteiger partial charge in [0.15, 0.2) is 0 Å². The summed E-state index contributed by atoms with van der Waals surface area (Å²) in [5.74, 6) is -1.45. The highest BCUT2D eigenvalue weighted by Gasteiger charge is 2.17. The van der Waals surface area contributed by atoms with Crippen LogP contribution in [0.1, 0.15) is 10.4 Å². The summed E-state index contributed by atoms with van der Waals surface area (Å²) in [5, 5.41) is 9.14. The molecule has 0 aliphatic heterocycles. The van der Waals surface area contributed by atoms with Gasteiger partial charge in [-0.25, -0.2) is 0 Å². The Morgan fingerprint density at radius 3 is 2.71 bits per heavy atom. The minimum Gasteiger partial charge on any atom is -0.480 e. The maximum atomic E-state index is 12.0. The Bertz CT molecular complexity index is 445. The third kappa shape index (κ3) is 3.92. The number of carbonyl (C=O) groups excluding carboxylic acids is 1. The summed E-state index contributed by atoms with van der Waals surface area (Å²) in [7, 11) is 0. The summed E-state index contributed by atoms with van der Waals surface area (Å²) in [4.78, 5) is 23.8. The fourth-order valence-corrected chi connectivity index (χ4v) is 1.53. The molecule has 0 bridgehead atoms. The molecule has 0 aliphatic rings. The molecule has 1 aromatic rings. The Labute approximate surface area is 104 Å². The molecule has 0 unspecified atom stereocenters. The van der Waals surface area contributed by atoms with Crippen LogP contribution in [0.2, 0.25) is 5.02 Å². The molecule has 0 heterocycles. The highest BCUT2D eigenvalue weighted by atomic mass is 35.5. The Morgan fingerprint density at radius 1 is 1.47 bits per heavy atom. The molecule has 0 saturated carbocycles. The predicted octanol–water partition coefficient (Wildman–Crippen LogP) is 2.05. The van der Waals surface area contributed by atoms with E-state index in [2.05, 4.69) is 6.58 Å². The average Bonchev–Trinajstić information content (AvgIpc) is 2.27. The van der Waals surface area contributed by atoms with Crippen molar-refractivity contribution in [3.8, 4) is 0 Å². The summed E-state index contributed by atoms with van der Waals surface area (Å²) >= 11 is 5.77. The number of carboxylic acid groups (broad SMARTS) is 1. The van der Waals surface area contributed by atoms with Crippen molar-refractivity contribution in [1.29, 1.82) is 0 Å². The molecule has 5 heteroatoms. The smallest absolute Gasteiger partial charge is 0.323 e. The number of rotatable bonds is 5. The lowest BCUT2D eigenvalue weighted by atomic mass is 10.2. The number of amides is 1. The van der Waals surface area contributed by atoms with Gasteiger partial charge in [0.2, 0.25) is 0 Å². The second-order valence-corrected chi connectivity index (χ2v) is 3.81. The van der Waals surface area contributed by atoms with E-state index >= 15 is 0 Å². The third-order valence-electron chi connectivity index (χ3n) is 2.03. The van der Waals surface area contributed by atoms with Gasteiger partial charge >= 0.3 is 5.97 Å². The highest BCUT2D eigenvalue weighted by molar-refractivity contribution is 6.30. The van der Waals surface area contributed by atoms with Crippen LogP contribution < -0.4 is 0 Å². The monoisotopic (exact) mass is 253 g/mol. The van der Waals surface area contributed by atoms with Crippen molar-refractivity contribution < 1.29 is 14.7 Å². The first-order chi connectivity index (χ1) is 8.04. The molecule has 0 aromatic heterocycles. The maximum Gasteiger partial charge on any atom is 0.323 e. The fraction of sp³-hybridized carbons (Fsp3) is 0.167. The SMILES string of the molecule is C=CCN(CC(=O)O)C(=O)c1cccc(Cl)c1. The van der Waals surface area contributed by atoms with Crippen LogP contribution in [-0.4, -0.2) is 35.0 Å². The normalized spacial score (nSPS) is 9.71. The molecule has 90 valence electrons. The van der Waals surface area contributed by atoms with Crippen LogP contribution in [0, 0.1) is 0 Å². The van der Waals surface area contributed by atoms with Gasteiger partial charge in [0.25, 0.3) is 5.91 Å². The lowest BCUT2D eigenvalue weighted by molar-refractivity contribution is -0.137. The minimum absolute atomic E-state index is 0.178. The Hall–Kier alpha value is -1.81. The number of benzene rings is 1. The molecule has 1 amide bonds. The minimum atomic E-state index is -1.07. The molecule has 0 atom stereocenters. The van der Waals surface area contributed by atoms with Crippen LogP contribution in [0.15, 0.2) is 36.9 Å². The predicted molar refractivity (Wildman–Crippen MR) is 65.2 cm³/mol. The lowest BCUT2D eigenvalue weighted by Gasteiger charge is -2.18. The van der Waals surface area contributed by atoms with Crippen LogP contribution in [0.3, 0.4) is 0 Å². The first-order valence-corrected chi connectivity index (χ1v) is 5.30. The zero-order chi connectivity index (χ0) is 12.8. The maximum absolute atomic E-state index is 12.0. The van der Waals surface area contributed by atoms with Crippen LogP contribution in [0.5, 0.6) is 0 Å². The quantitative estimate of drug-likeness (QED) is 0.817. The molecule has 0 aliphatic carbocycles. The van der Waals surface area contributed by atoms with E-state index < -0.39 is 5.97 Å². The van der Waals surface area contributed by atoms with Crippen molar-refractivity contribution in [2.75, 3.05) is 13.1 Å². The van der Waals surface area contributed by atoms with Gasteiger partial charge in [-0.3, -0.25) is 9.59 Å². The molecule has 17 heavy (non-hydrogen) atoms. The van der Waals surface area contributed by atoms with Crippen LogP contribution in [0.4, 0.5) is 0 Å². The Morgan fingerprint density at radius 2 is 2.18 bits per heavy atom. The Balaban J connectivity index is 2.90. The van der Waals surface area contributed by atoms with Crippen LogP contribution in [-0.2, 0) is 4.79 Å². The van der Waals surface area contributed by atoms with Gasteiger partial charge in [-0.05, 0) is 18.2 Å². The first-order valence-electron chi connectivity index (χ1n) is 4.92. The molecule has 0 saturated heterocycles. The standard InChI is InChI=1S/C12H12ClNO3/c1-2-6-14(8-11(15)16)12(17)9-4-3-5-10(13)7-9/h2-5,7H,1,6,8H2,(H,15,16). The Kier molecular flexibility index (Phi) is 4.72. The van der Waals surface area contributed by atoms with Crippen molar-refractivity contribution in [3.05, 3.63) is 47.5 Å². The molecular weight excluding hydrogens is 242 g/mol.